The summed E-state index contributed by atoms with van der Waals surface area (Å²) < 4.78 is 41.1. The molecule has 2 fully saturated rings. The van der Waals surface area contributed by atoms with Gasteiger partial charge in [-0.25, -0.2) is 4.98 Å². The molecule has 0 aliphatic carbocycles. The lowest BCUT2D eigenvalue weighted by Gasteiger charge is -2.18. The third kappa shape index (κ3) is 3.82. The van der Waals surface area contributed by atoms with Crippen molar-refractivity contribution in [1.29, 1.82) is 0 Å². The molecule has 3 heterocycles. The Morgan fingerprint density at radius 2 is 1.79 bits per heavy atom. The van der Waals surface area contributed by atoms with Crippen LogP contribution in [0.25, 0.3) is 11.0 Å². The van der Waals surface area contributed by atoms with Gasteiger partial charge in [0.2, 0.25) is 5.82 Å². The van der Waals surface area contributed by atoms with E-state index in [-0.39, 0.29) is 42.3 Å². The maximum absolute atomic E-state index is 13.3. The molecule has 1 N–H and O–H groups in total. The Labute approximate surface area is 173 Å². The van der Waals surface area contributed by atoms with E-state index in [1.807, 2.05) is 0 Å². The van der Waals surface area contributed by atoms with Gasteiger partial charge in [-0.15, -0.1) is 24.8 Å². The number of carbonyl (C=O) groups excluding carboxylic acids is 1. The van der Waals surface area contributed by atoms with E-state index in [0.717, 1.165) is 13.1 Å². The molecule has 2 aliphatic rings. The molecule has 0 saturated carbocycles. The Morgan fingerprint density at radius 3 is 2.32 bits per heavy atom. The Bertz CT molecular complexity index is 856. The lowest BCUT2D eigenvalue weighted by atomic mass is 10.0. The summed E-state index contributed by atoms with van der Waals surface area (Å²) in [5, 5.41) is 3.32. The summed E-state index contributed by atoms with van der Waals surface area (Å²) in [7, 11) is 0. The summed E-state index contributed by atoms with van der Waals surface area (Å²) >= 11 is 0. The molecule has 0 unspecified atom stereocenters. The number of alkyl halides is 3. The number of halogens is 5. The van der Waals surface area contributed by atoms with Crippen LogP contribution in [0.3, 0.4) is 0 Å². The van der Waals surface area contributed by atoms with E-state index in [0.29, 0.717) is 36.0 Å². The molecule has 2 aromatic rings. The minimum Gasteiger partial charge on any atom is -0.338 e. The van der Waals surface area contributed by atoms with Crippen LogP contribution >= 0.6 is 24.8 Å². The van der Waals surface area contributed by atoms with Gasteiger partial charge in [0.05, 0.1) is 11.0 Å². The number of likely N-dealkylation sites (tertiary alicyclic amines) is 1. The standard InChI is InChI=1S/C18H21F3N4O.2ClH/c1-10(2)25-15-4-3-11(5-14(15)23-17(25)18(19,20)21)16(26)24-8-12-6-22-7-13(12)9-24;;/h3-5,10,12-13,22H,6-9H2,1-2H3;2*1H/t12-,13+;;. The van der Waals surface area contributed by atoms with Gasteiger partial charge in [0.1, 0.15) is 0 Å². The van der Waals surface area contributed by atoms with Crippen molar-refractivity contribution in [3.8, 4) is 0 Å². The van der Waals surface area contributed by atoms with Gasteiger partial charge in [-0.2, -0.15) is 13.2 Å². The highest BCUT2D eigenvalue weighted by atomic mass is 35.5. The number of carbonyl (C=O) groups is 1. The van der Waals surface area contributed by atoms with Crippen LogP contribution < -0.4 is 5.32 Å². The molecule has 28 heavy (non-hydrogen) atoms. The molecule has 0 bridgehead atoms. The summed E-state index contributed by atoms with van der Waals surface area (Å²) in [5.74, 6) is -0.109. The van der Waals surface area contributed by atoms with E-state index in [1.54, 1.807) is 30.9 Å². The smallest absolute Gasteiger partial charge is 0.338 e. The third-order valence-corrected chi connectivity index (χ3v) is 5.38. The van der Waals surface area contributed by atoms with Gasteiger partial charge < -0.3 is 14.8 Å². The molecular weight excluding hydrogens is 416 g/mol. The highest BCUT2D eigenvalue weighted by molar-refractivity contribution is 5.97. The quantitative estimate of drug-likeness (QED) is 0.775. The number of imidazole rings is 1. The highest BCUT2D eigenvalue weighted by Gasteiger charge is 2.40. The average molecular weight is 439 g/mol. The second-order valence-electron chi connectivity index (χ2n) is 7.49. The normalized spacial score (nSPS) is 21.6. The number of fused-ring (bicyclic) bond motifs is 2. The van der Waals surface area contributed by atoms with Gasteiger partial charge in [-0.1, -0.05) is 0 Å². The maximum Gasteiger partial charge on any atom is 0.449 e. The van der Waals surface area contributed by atoms with Crippen molar-refractivity contribution in [2.24, 2.45) is 11.8 Å². The van der Waals surface area contributed by atoms with Gasteiger partial charge in [0, 0.05) is 37.8 Å². The van der Waals surface area contributed by atoms with Crippen LogP contribution in [0.5, 0.6) is 0 Å². The number of nitrogens with zero attached hydrogens (tertiary/aromatic N) is 3. The largest absolute Gasteiger partial charge is 0.449 e. The first-order chi connectivity index (χ1) is 12.3. The van der Waals surface area contributed by atoms with Crippen LogP contribution in [-0.2, 0) is 6.18 Å². The summed E-state index contributed by atoms with van der Waals surface area (Å²) in [6, 6.07) is 4.28. The van der Waals surface area contributed by atoms with Crippen LogP contribution in [0.4, 0.5) is 13.2 Å². The van der Waals surface area contributed by atoms with Gasteiger partial charge in [0.15, 0.2) is 0 Å². The van der Waals surface area contributed by atoms with E-state index in [2.05, 4.69) is 10.3 Å². The minimum absolute atomic E-state index is 0. The van der Waals surface area contributed by atoms with Crippen molar-refractivity contribution in [3.63, 3.8) is 0 Å². The molecule has 4 rings (SSSR count). The number of nitrogens with one attached hydrogen (secondary N) is 1. The van der Waals surface area contributed by atoms with Crippen molar-refractivity contribution in [3.05, 3.63) is 29.6 Å². The highest BCUT2D eigenvalue weighted by Crippen LogP contribution is 2.34. The average Bonchev–Trinajstić information content (AvgIpc) is 3.24. The second kappa shape index (κ2) is 8.08. The van der Waals surface area contributed by atoms with Crippen LogP contribution in [0.15, 0.2) is 18.2 Å². The molecule has 2 aliphatic heterocycles. The summed E-state index contributed by atoms with van der Waals surface area (Å²) in [6.45, 7) is 6.60. The zero-order valence-corrected chi connectivity index (χ0v) is 17.1. The fourth-order valence-corrected chi connectivity index (χ4v) is 4.16. The first-order valence-corrected chi connectivity index (χ1v) is 8.85. The van der Waals surface area contributed by atoms with Gasteiger partial charge in [-0.05, 0) is 43.9 Å². The number of hydrogen-bond acceptors (Lipinski definition) is 3. The van der Waals surface area contributed by atoms with E-state index < -0.39 is 12.0 Å². The molecule has 0 spiro atoms. The van der Waals surface area contributed by atoms with Crippen molar-refractivity contribution >= 4 is 41.8 Å². The molecule has 5 nitrogen and oxygen atoms in total. The zero-order chi connectivity index (χ0) is 18.6. The van der Waals surface area contributed by atoms with E-state index in [1.165, 1.54) is 10.6 Å². The van der Waals surface area contributed by atoms with Crippen LogP contribution in [0, 0.1) is 11.8 Å². The topological polar surface area (TPSA) is 50.2 Å². The second-order valence-corrected chi connectivity index (χ2v) is 7.49. The fraction of sp³-hybridized carbons (Fsp3) is 0.556. The van der Waals surface area contributed by atoms with Crippen molar-refractivity contribution in [2.75, 3.05) is 26.2 Å². The predicted octanol–water partition coefficient (Wildman–Crippen LogP) is 3.77. The predicted molar refractivity (Wildman–Crippen MR) is 105 cm³/mol. The molecule has 10 heteroatoms. The van der Waals surface area contributed by atoms with Gasteiger partial charge in [-0.3, -0.25) is 4.79 Å². The number of rotatable bonds is 2. The van der Waals surface area contributed by atoms with Crippen LogP contribution in [0.1, 0.15) is 36.1 Å². The lowest BCUT2D eigenvalue weighted by Crippen LogP contribution is -2.31. The number of hydrogen-bond donors (Lipinski definition) is 1. The molecule has 156 valence electrons. The monoisotopic (exact) mass is 438 g/mol. The Morgan fingerprint density at radius 1 is 1.18 bits per heavy atom. The lowest BCUT2D eigenvalue weighted by molar-refractivity contribution is -0.147. The Hall–Kier alpha value is -1.51. The molecular formula is C18H23Cl2F3N4O. The van der Waals surface area contributed by atoms with E-state index in [4.69, 9.17) is 0 Å². The van der Waals surface area contributed by atoms with E-state index in [9.17, 15) is 18.0 Å². The summed E-state index contributed by atoms with van der Waals surface area (Å²) in [6.07, 6.45) is -4.53. The molecule has 1 amide bonds. The van der Waals surface area contributed by atoms with Gasteiger partial charge in [0.25, 0.3) is 5.91 Å². The first-order valence-electron chi connectivity index (χ1n) is 8.85. The number of aromatic nitrogens is 2. The van der Waals surface area contributed by atoms with Crippen molar-refractivity contribution in [1.82, 2.24) is 19.8 Å². The Balaban J connectivity index is 0.00000140. The number of amides is 1. The molecule has 1 aromatic heterocycles. The molecule has 2 atom stereocenters. The Kier molecular flexibility index (Phi) is 6.57. The van der Waals surface area contributed by atoms with Gasteiger partial charge >= 0.3 is 6.18 Å². The molecule has 0 radical (unpaired) electrons. The van der Waals surface area contributed by atoms with E-state index >= 15 is 0 Å². The zero-order valence-electron chi connectivity index (χ0n) is 15.5. The van der Waals surface area contributed by atoms with Crippen LogP contribution in [-0.4, -0.2) is 46.5 Å². The summed E-state index contributed by atoms with van der Waals surface area (Å²) in [5.41, 5.74) is 0.997. The fourth-order valence-electron chi connectivity index (χ4n) is 4.16. The number of benzene rings is 1. The molecule has 2 saturated heterocycles. The third-order valence-electron chi connectivity index (χ3n) is 5.38. The van der Waals surface area contributed by atoms with Crippen molar-refractivity contribution < 1.29 is 18.0 Å². The maximum atomic E-state index is 13.3. The molecule has 1 aromatic carbocycles. The first kappa shape index (κ1) is 22.8. The SMILES string of the molecule is CC(C)n1c(C(F)(F)F)nc2cc(C(=O)N3C[C@H]4CNC[C@H]4C3)ccc21.Cl.Cl. The summed E-state index contributed by atoms with van der Waals surface area (Å²) in [4.78, 5) is 18.4. The van der Waals surface area contributed by atoms with Crippen LogP contribution in [0.2, 0.25) is 0 Å². The van der Waals surface area contributed by atoms with Crippen molar-refractivity contribution in [2.45, 2.75) is 26.1 Å². The minimum atomic E-state index is -4.53.